The summed E-state index contributed by atoms with van der Waals surface area (Å²) in [6, 6.07) is 14.6. The van der Waals surface area contributed by atoms with E-state index in [0.717, 1.165) is 24.3 Å². The molecule has 2 aromatic carbocycles. The van der Waals surface area contributed by atoms with E-state index in [1.54, 1.807) is 13.0 Å². The van der Waals surface area contributed by atoms with Crippen LogP contribution in [0.1, 0.15) is 33.1 Å². The Balaban J connectivity index is 1.80. The van der Waals surface area contributed by atoms with Crippen LogP contribution in [0.15, 0.2) is 48.5 Å². The van der Waals surface area contributed by atoms with E-state index in [1.165, 1.54) is 0 Å². The summed E-state index contributed by atoms with van der Waals surface area (Å²) in [6.45, 7) is 4.74. The molecule has 0 aromatic heterocycles. The Bertz CT molecular complexity index is 745. The molecule has 0 fully saturated rings. The van der Waals surface area contributed by atoms with Crippen molar-refractivity contribution in [2.75, 3.05) is 29.1 Å². The minimum atomic E-state index is -0.155. The summed E-state index contributed by atoms with van der Waals surface area (Å²) in [6.07, 6.45) is 2.53. The molecule has 0 aliphatic heterocycles. The van der Waals surface area contributed by atoms with E-state index in [0.29, 0.717) is 24.4 Å². The van der Waals surface area contributed by atoms with Crippen LogP contribution in [0.5, 0.6) is 5.75 Å². The second-order valence-corrected chi connectivity index (χ2v) is 6.11. The summed E-state index contributed by atoms with van der Waals surface area (Å²) >= 11 is 0. The summed E-state index contributed by atoms with van der Waals surface area (Å²) < 4.78 is 5.60. The Morgan fingerprint density at radius 2 is 1.59 bits per heavy atom. The van der Waals surface area contributed by atoms with Gasteiger partial charge in [0.15, 0.2) is 0 Å². The molecule has 2 aromatic rings. The average Bonchev–Trinajstić information content (AvgIpc) is 2.68. The van der Waals surface area contributed by atoms with Crippen molar-refractivity contribution in [1.29, 1.82) is 0 Å². The van der Waals surface area contributed by atoms with Gasteiger partial charge in [-0.05, 0) is 48.9 Å². The van der Waals surface area contributed by atoms with E-state index < -0.39 is 0 Å². The molecular weight excluding hydrogens is 342 g/mol. The summed E-state index contributed by atoms with van der Waals surface area (Å²) in [5, 5.41) is 8.68. The number of anilines is 3. The first-order valence-electron chi connectivity index (χ1n) is 9.27. The third kappa shape index (κ3) is 7.40. The number of rotatable bonds is 10. The lowest BCUT2D eigenvalue weighted by Gasteiger charge is -2.10. The smallest absolute Gasteiger partial charge is 0.243 e. The van der Waals surface area contributed by atoms with Crippen molar-refractivity contribution in [2.24, 2.45) is 0 Å². The SMILES string of the molecule is CCCCOc1ccc(NC(=O)CNc2cccc(NC(=O)CC)c2)cc1. The largest absolute Gasteiger partial charge is 0.494 e. The minimum absolute atomic E-state index is 0.0491. The highest BCUT2D eigenvalue weighted by atomic mass is 16.5. The van der Waals surface area contributed by atoms with Gasteiger partial charge in [-0.1, -0.05) is 26.3 Å². The number of nitrogens with one attached hydrogen (secondary N) is 3. The van der Waals surface area contributed by atoms with E-state index in [9.17, 15) is 9.59 Å². The van der Waals surface area contributed by atoms with E-state index >= 15 is 0 Å². The van der Waals surface area contributed by atoms with Gasteiger partial charge in [-0.3, -0.25) is 9.59 Å². The molecule has 6 nitrogen and oxygen atoms in total. The van der Waals surface area contributed by atoms with Crippen molar-refractivity contribution in [2.45, 2.75) is 33.1 Å². The Kier molecular flexibility index (Phi) is 8.16. The van der Waals surface area contributed by atoms with E-state index in [1.807, 2.05) is 42.5 Å². The molecule has 6 heteroatoms. The van der Waals surface area contributed by atoms with Crippen molar-refractivity contribution in [3.8, 4) is 5.75 Å². The molecule has 0 spiro atoms. The van der Waals surface area contributed by atoms with Crippen LogP contribution in [-0.4, -0.2) is 25.0 Å². The monoisotopic (exact) mass is 369 g/mol. The van der Waals surface area contributed by atoms with Gasteiger partial charge in [-0.25, -0.2) is 0 Å². The van der Waals surface area contributed by atoms with Crippen molar-refractivity contribution in [3.63, 3.8) is 0 Å². The first-order valence-corrected chi connectivity index (χ1v) is 9.27. The maximum absolute atomic E-state index is 12.1. The van der Waals surface area contributed by atoms with Crippen LogP contribution in [0.4, 0.5) is 17.1 Å². The first kappa shape index (κ1) is 20.3. The number of amides is 2. The molecule has 2 rings (SSSR count). The first-order chi connectivity index (χ1) is 13.1. The predicted molar refractivity (Wildman–Crippen MR) is 109 cm³/mol. The van der Waals surface area contributed by atoms with Gasteiger partial charge in [-0.15, -0.1) is 0 Å². The van der Waals surface area contributed by atoms with E-state index in [-0.39, 0.29) is 18.4 Å². The van der Waals surface area contributed by atoms with Gasteiger partial charge in [0.2, 0.25) is 11.8 Å². The summed E-state index contributed by atoms with van der Waals surface area (Å²) in [5.41, 5.74) is 2.18. The third-order valence-electron chi connectivity index (χ3n) is 3.83. The molecule has 27 heavy (non-hydrogen) atoms. The lowest BCUT2D eigenvalue weighted by molar-refractivity contribution is -0.116. The van der Waals surface area contributed by atoms with Crippen molar-refractivity contribution < 1.29 is 14.3 Å². The number of hydrogen-bond donors (Lipinski definition) is 3. The zero-order valence-electron chi connectivity index (χ0n) is 15.9. The zero-order chi connectivity index (χ0) is 19.5. The second kappa shape index (κ2) is 10.9. The molecule has 0 unspecified atom stereocenters. The van der Waals surface area contributed by atoms with Crippen LogP contribution < -0.4 is 20.7 Å². The molecular formula is C21H27N3O3. The highest BCUT2D eigenvalue weighted by Gasteiger charge is 2.04. The average molecular weight is 369 g/mol. The Labute approximate surface area is 160 Å². The standard InChI is InChI=1S/C21H27N3O3/c1-3-5-13-27-19-11-9-16(10-12-19)23-21(26)15-22-17-7-6-8-18(14-17)24-20(25)4-2/h6-12,14,22H,3-5,13,15H2,1-2H3,(H,23,26)(H,24,25). The topological polar surface area (TPSA) is 79.5 Å². The molecule has 0 heterocycles. The number of hydrogen-bond acceptors (Lipinski definition) is 4. The fraction of sp³-hybridized carbons (Fsp3) is 0.333. The van der Waals surface area contributed by atoms with Crippen LogP contribution in [0, 0.1) is 0 Å². The third-order valence-corrected chi connectivity index (χ3v) is 3.83. The van der Waals surface area contributed by atoms with Crippen LogP contribution in [-0.2, 0) is 9.59 Å². The molecule has 0 radical (unpaired) electrons. The number of carbonyl (C=O) groups excluding carboxylic acids is 2. The molecule has 0 atom stereocenters. The van der Waals surface area contributed by atoms with Crippen molar-refractivity contribution in [1.82, 2.24) is 0 Å². The van der Waals surface area contributed by atoms with Crippen LogP contribution in [0.25, 0.3) is 0 Å². The fourth-order valence-corrected chi connectivity index (χ4v) is 2.31. The van der Waals surface area contributed by atoms with Gasteiger partial charge in [0.05, 0.1) is 13.2 Å². The van der Waals surface area contributed by atoms with Crippen LogP contribution >= 0.6 is 0 Å². The molecule has 0 bridgehead atoms. The second-order valence-electron chi connectivity index (χ2n) is 6.11. The number of benzene rings is 2. The fourth-order valence-electron chi connectivity index (χ4n) is 2.31. The molecule has 2 amide bonds. The Morgan fingerprint density at radius 3 is 2.30 bits per heavy atom. The maximum Gasteiger partial charge on any atom is 0.243 e. The number of carbonyl (C=O) groups is 2. The molecule has 144 valence electrons. The van der Waals surface area contributed by atoms with Crippen molar-refractivity contribution in [3.05, 3.63) is 48.5 Å². The maximum atomic E-state index is 12.1. The Hall–Kier alpha value is -3.02. The van der Waals surface area contributed by atoms with Gasteiger partial charge in [-0.2, -0.15) is 0 Å². The number of unbranched alkanes of at least 4 members (excludes halogenated alkanes) is 1. The highest BCUT2D eigenvalue weighted by molar-refractivity contribution is 5.94. The molecule has 0 saturated heterocycles. The van der Waals surface area contributed by atoms with E-state index in [2.05, 4.69) is 22.9 Å². The summed E-state index contributed by atoms with van der Waals surface area (Å²) in [4.78, 5) is 23.6. The van der Waals surface area contributed by atoms with Crippen molar-refractivity contribution >= 4 is 28.9 Å². The quantitative estimate of drug-likeness (QED) is 0.547. The summed E-state index contributed by atoms with van der Waals surface area (Å²) in [7, 11) is 0. The van der Waals surface area contributed by atoms with Crippen LogP contribution in [0.2, 0.25) is 0 Å². The lowest BCUT2D eigenvalue weighted by Crippen LogP contribution is -2.21. The molecule has 0 saturated carbocycles. The minimum Gasteiger partial charge on any atom is -0.494 e. The predicted octanol–water partition coefficient (Wildman–Crippen LogP) is 4.26. The lowest BCUT2D eigenvalue weighted by atomic mass is 10.2. The molecule has 3 N–H and O–H groups in total. The van der Waals surface area contributed by atoms with Gasteiger partial charge in [0.1, 0.15) is 5.75 Å². The Morgan fingerprint density at radius 1 is 0.889 bits per heavy atom. The number of ether oxygens (including phenoxy) is 1. The van der Waals surface area contributed by atoms with E-state index in [4.69, 9.17) is 4.74 Å². The van der Waals surface area contributed by atoms with Gasteiger partial charge < -0.3 is 20.7 Å². The van der Waals surface area contributed by atoms with Gasteiger partial charge >= 0.3 is 0 Å². The normalized spacial score (nSPS) is 10.1. The summed E-state index contributed by atoms with van der Waals surface area (Å²) in [5.74, 6) is 0.593. The van der Waals surface area contributed by atoms with Crippen LogP contribution in [0.3, 0.4) is 0 Å². The molecule has 0 aliphatic rings. The highest BCUT2D eigenvalue weighted by Crippen LogP contribution is 2.17. The van der Waals surface area contributed by atoms with Gasteiger partial charge in [0, 0.05) is 23.5 Å². The molecule has 0 aliphatic carbocycles. The zero-order valence-corrected chi connectivity index (χ0v) is 15.9. The van der Waals surface area contributed by atoms with Gasteiger partial charge in [0.25, 0.3) is 0 Å².